The van der Waals surface area contributed by atoms with Crippen molar-refractivity contribution in [2.24, 2.45) is 0 Å². The Morgan fingerprint density at radius 1 is 0.778 bits per heavy atom. The number of fused-ring (bicyclic) bond motifs is 1. The van der Waals surface area contributed by atoms with Crippen LogP contribution in [0.5, 0.6) is 0 Å². The topological polar surface area (TPSA) is 75.3 Å². The van der Waals surface area contributed by atoms with Crippen molar-refractivity contribution in [1.82, 2.24) is 5.32 Å². The molecule has 5 heteroatoms. The number of nitrogens with one attached hydrogen (secondary N) is 2. The first-order chi connectivity index (χ1) is 13.1. The SMILES string of the molecule is O=C(Nc1ccc2c(c1)C(=O)NC2=O)c1ccc(Cc2ccccc2)cc1. The number of anilines is 1. The Kier molecular flexibility index (Phi) is 4.26. The third kappa shape index (κ3) is 3.48. The number of hydrogen-bond acceptors (Lipinski definition) is 3. The Bertz CT molecular complexity index is 1040. The molecule has 0 aromatic heterocycles. The summed E-state index contributed by atoms with van der Waals surface area (Å²) in [6.45, 7) is 0. The van der Waals surface area contributed by atoms with Crippen LogP contribution in [0.3, 0.4) is 0 Å². The summed E-state index contributed by atoms with van der Waals surface area (Å²) in [4.78, 5) is 35.8. The molecule has 0 bridgehead atoms. The van der Waals surface area contributed by atoms with Crippen molar-refractivity contribution in [2.75, 3.05) is 5.32 Å². The predicted octanol–water partition coefficient (Wildman–Crippen LogP) is 3.41. The van der Waals surface area contributed by atoms with Gasteiger partial charge in [0.1, 0.15) is 0 Å². The second-order valence-corrected chi connectivity index (χ2v) is 6.36. The summed E-state index contributed by atoms with van der Waals surface area (Å²) in [5.74, 6) is -1.14. The number of benzene rings is 3. The molecule has 0 fully saturated rings. The lowest BCUT2D eigenvalue weighted by Gasteiger charge is -2.07. The highest BCUT2D eigenvalue weighted by Gasteiger charge is 2.26. The summed E-state index contributed by atoms with van der Waals surface area (Å²) in [6, 6.07) is 22.2. The van der Waals surface area contributed by atoms with Gasteiger partial charge in [0.05, 0.1) is 11.1 Å². The lowest BCUT2D eigenvalue weighted by Crippen LogP contribution is -2.19. The lowest BCUT2D eigenvalue weighted by atomic mass is 10.0. The number of hydrogen-bond donors (Lipinski definition) is 2. The molecule has 0 saturated heterocycles. The van der Waals surface area contributed by atoms with Crippen LogP contribution < -0.4 is 10.6 Å². The molecule has 0 unspecified atom stereocenters. The van der Waals surface area contributed by atoms with Gasteiger partial charge in [-0.1, -0.05) is 42.5 Å². The molecule has 0 saturated carbocycles. The molecule has 1 aliphatic heterocycles. The quantitative estimate of drug-likeness (QED) is 0.704. The predicted molar refractivity (Wildman–Crippen MR) is 102 cm³/mol. The summed E-state index contributed by atoms with van der Waals surface area (Å²) in [5.41, 5.74) is 3.91. The standard InChI is InChI=1S/C22H16N2O3/c25-20(23-17-10-11-18-19(13-17)22(27)24-21(18)26)16-8-6-15(7-9-16)12-14-4-2-1-3-5-14/h1-11,13H,12H2,(H,23,25)(H,24,26,27). The Labute approximate surface area is 156 Å². The molecule has 132 valence electrons. The number of imide groups is 1. The number of carbonyl (C=O) groups is 3. The lowest BCUT2D eigenvalue weighted by molar-refractivity contribution is 0.0878. The second-order valence-electron chi connectivity index (χ2n) is 6.36. The molecule has 0 radical (unpaired) electrons. The number of amides is 3. The first-order valence-electron chi connectivity index (χ1n) is 8.54. The fourth-order valence-corrected chi connectivity index (χ4v) is 3.05. The molecule has 0 aliphatic carbocycles. The van der Waals surface area contributed by atoms with Gasteiger partial charge in [0, 0.05) is 11.3 Å². The van der Waals surface area contributed by atoms with Gasteiger partial charge in [0.25, 0.3) is 17.7 Å². The van der Waals surface area contributed by atoms with Crippen LogP contribution in [-0.2, 0) is 6.42 Å². The maximum absolute atomic E-state index is 12.5. The third-order valence-corrected chi connectivity index (χ3v) is 4.46. The van der Waals surface area contributed by atoms with Crippen molar-refractivity contribution in [3.05, 3.63) is 101 Å². The smallest absolute Gasteiger partial charge is 0.259 e. The maximum Gasteiger partial charge on any atom is 0.259 e. The van der Waals surface area contributed by atoms with Gasteiger partial charge in [0.2, 0.25) is 0 Å². The molecule has 3 amide bonds. The Morgan fingerprint density at radius 3 is 2.19 bits per heavy atom. The minimum Gasteiger partial charge on any atom is -0.322 e. The summed E-state index contributed by atoms with van der Waals surface area (Å²) >= 11 is 0. The van der Waals surface area contributed by atoms with Crippen molar-refractivity contribution in [1.29, 1.82) is 0 Å². The molecule has 1 aliphatic rings. The van der Waals surface area contributed by atoms with Crippen molar-refractivity contribution in [3.8, 4) is 0 Å². The molecular formula is C22H16N2O3. The van der Waals surface area contributed by atoms with Crippen LogP contribution in [0.1, 0.15) is 42.2 Å². The van der Waals surface area contributed by atoms with Gasteiger partial charge < -0.3 is 5.32 Å². The van der Waals surface area contributed by atoms with E-state index >= 15 is 0 Å². The highest BCUT2D eigenvalue weighted by Crippen LogP contribution is 2.21. The van der Waals surface area contributed by atoms with Gasteiger partial charge in [-0.3, -0.25) is 19.7 Å². The molecule has 3 aromatic rings. The van der Waals surface area contributed by atoms with E-state index in [0.29, 0.717) is 16.8 Å². The van der Waals surface area contributed by atoms with E-state index in [4.69, 9.17) is 0 Å². The summed E-state index contributed by atoms with van der Waals surface area (Å²) < 4.78 is 0. The van der Waals surface area contributed by atoms with Crippen LogP contribution >= 0.6 is 0 Å². The highest BCUT2D eigenvalue weighted by molar-refractivity contribution is 6.22. The van der Waals surface area contributed by atoms with E-state index in [0.717, 1.165) is 12.0 Å². The average Bonchev–Trinajstić information content (AvgIpc) is 2.96. The van der Waals surface area contributed by atoms with E-state index < -0.39 is 11.8 Å². The highest BCUT2D eigenvalue weighted by atomic mass is 16.2. The van der Waals surface area contributed by atoms with E-state index in [1.54, 1.807) is 18.2 Å². The summed E-state index contributed by atoms with van der Waals surface area (Å²) in [6.07, 6.45) is 0.802. The van der Waals surface area contributed by atoms with E-state index in [2.05, 4.69) is 22.8 Å². The zero-order chi connectivity index (χ0) is 18.8. The first kappa shape index (κ1) is 16.7. The van der Waals surface area contributed by atoms with Crippen molar-refractivity contribution in [2.45, 2.75) is 6.42 Å². The van der Waals surface area contributed by atoms with Crippen molar-refractivity contribution >= 4 is 23.4 Å². The van der Waals surface area contributed by atoms with Crippen LogP contribution in [0.2, 0.25) is 0 Å². The third-order valence-electron chi connectivity index (χ3n) is 4.46. The molecule has 3 aromatic carbocycles. The fourth-order valence-electron chi connectivity index (χ4n) is 3.05. The molecule has 2 N–H and O–H groups in total. The molecule has 0 spiro atoms. The van der Waals surface area contributed by atoms with E-state index in [9.17, 15) is 14.4 Å². The monoisotopic (exact) mass is 356 g/mol. The van der Waals surface area contributed by atoms with E-state index in [1.807, 2.05) is 30.3 Å². The van der Waals surface area contributed by atoms with Gasteiger partial charge in [-0.25, -0.2) is 0 Å². The Hall–Kier alpha value is -3.73. The van der Waals surface area contributed by atoms with Crippen molar-refractivity contribution < 1.29 is 14.4 Å². The van der Waals surface area contributed by atoms with Gasteiger partial charge in [-0.15, -0.1) is 0 Å². The van der Waals surface area contributed by atoms with Crippen LogP contribution in [0.4, 0.5) is 5.69 Å². The van der Waals surface area contributed by atoms with E-state index in [1.165, 1.54) is 17.7 Å². The van der Waals surface area contributed by atoms with Gasteiger partial charge in [-0.2, -0.15) is 0 Å². The number of rotatable bonds is 4. The fraction of sp³-hybridized carbons (Fsp3) is 0.0455. The summed E-state index contributed by atoms with van der Waals surface area (Å²) in [7, 11) is 0. The molecule has 0 atom stereocenters. The van der Waals surface area contributed by atoms with Crippen LogP contribution in [0.15, 0.2) is 72.8 Å². The Morgan fingerprint density at radius 2 is 1.44 bits per heavy atom. The van der Waals surface area contributed by atoms with Crippen LogP contribution in [0.25, 0.3) is 0 Å². The van der Waals surface area contributed by atoms with E-state index in [-0.39, 0.29) is 11.5 Å². The maximum atomic E-state index is 12.5. The van der Waals surface area contributed by atoms with Gasteiger partial charge in [0.15, 0.2) is 0 Å². The van der Waals surface area contributed by atoms with Crippen LogP contribution in [0, 0.1) is 0 Å². The number of carbonyl (C=O) groups excluding carboxylic acids is 3. The minimum atomic E-state index is -0.448. The van der Waals surface area contributed by atoms with Gasteiger partial charge >= 0.3 is 0 Å². The van der Waals surface area contributed by atoms with Gasteiger partial charge in [-0.05, 0) is 47.9 Å². The molecular weight excluding hydrogens is 340 g/mol. The molecule has 1 heterocycles. The summed E-state index contributed by atoms with van der Waals surface area (Å²) in [5, 5.41) is 4.99. The normalized spacial score (nSPS) is 12.4. The largest absolute Gasteiger partial charge is 0.322 e. The molecule has 27 heavy (non-hydrogen) atoms. The zero-order valence-corrected chi connectivity index (χ0v) is 14.4. The molecule has 5 nitrogen and oxygen atoms in total. The molecule has 4 rings (SSSR count). The van der Waals surface area contributed by atoms with Crippen LogP contribution in [-0.4, -0.2) is 17.7 Å². The zero-order valence-electron chi connectivity index (χ0n) is 14.4. The first-order valence-corrected chi connectivity index (χ1v) is 8.54. The minimum absolute atomic E-state index is 0.272. The Balaban J connectivity index is 1.47. The second kappa shape index (κ2) is 6.88. The van der Waals surface area contributed by atoms with Crippen molar-refractivity contribution in [3.63, 3.8) is 0 Å². The average molecular weight is 356 g/mol.